The maximum atomic E-state index is 12.7. The van der Waals surface area contributed by atoms with E-state index in [2.05, 4.69) is 22.5 Å². The van der Waals surface area contributed by atoms with E-state index in [1.54, 1.807) is 6.08 Å². The molecule has 0 spiro atoms. The highest BCUT2D eigenvalue weighted by Gasteiger charge is 2.62. The van der Waals surface area contributed by atoms with Crippen LogP contribution in [0.1, 0.15) is 13.3 Å². The van der Waals surface area contributed by atoms with Crippen LogP contribution in [-0.4, -0.2) is 4.58 Å². The van der Waals surface area contributed by atoms with Crippen molar-refractivity contribution in [2.45, 2.75) is 17.9 Å². The van der Waals surface area contributed by atoms with E-state index in [1.807, 2.05) is 6.92 Å². The molecule has 1 aliphatic carbocycles. The second kappa shape index (κ2) is 1.35. The average Bonchev–Trinajstić information content (AvgIpc) is 2.10. The van der Waals surface area contributed by atoms with Gasteiger partial charge in [0, 0.05) is 11.8 Å². The molecule has 1 saturated carbocycles. The Morgan fingerprint density at radius 3 is 2.25 bits per heavy atom. The molecule has 0 radical (unpaired) electrons. The Morgan fingerprint density at radius 1 is 1.88 bits per heavy atom. The van der Waals surface area contributed by atoms with E-state index in [9.17, 15) is 4.39 Å². The standard InChI is InChI=1S/C6H8BrF/c1-3-5(2)4-6(5,7)8/h3H,1,4H2,2H3. The Morgan fingerprint density at radius 2 is 2.25 bits per heavy atom. The van der Waals surface area contributed by atoms with Gasteiger partial charge in [0.25, 0.3) is 0 Å². The van der Waals surface area contributed by atoms with Crippen LogP contribution in [0.2, 0.25) is 0 Å². The number of hydrogen-bond donors (Lipinski definition) is 0. The van der Waals surface area contributed by atoms with Crippen molar-refractivity contribution in [3.05, 3.63) is 12.7 Å². The molecule has 0 heterocycles. The molecule has 1 aliphatic rings. The Hall–Kier alpha value is 0.150. The van der Waals surface area contributed by atoms with Crippen LogP contribution in [0.3, 0.4) is 0 Å². The molecule has 0 nitrogen and oxygen atoms in total. The first-order valence-electron chi connectivity index (χ1n) is 2.53. The predicted octanol–water partition coefficient (Wildman–Crippen LogP) is 2.64. The zero-order chi connectivity index (χ0) is 6.41. The highest BCUT2D eigenvalue weighted by atomic mass is 79.9. The molecule has 0 saturated heterocycles. The van der Waals surface area contributed by atoms with E-state index in [1.165, 1.54) is 0 Å². The highest BCUT2D eigenvalue weighted by molar-refractivity contribution is 9.10. The zero-order valence-electron chi connectivity index (χ0n) is 4.75. The fraction of sp³-hybridized carbons (Fsp3) is 0.667. The summed E-state index contributed by atoms with van der Waals surface area (Å²) in [5.74, 6) is 0. The van der Waals surface area contributed by atoms with Gasteiger partial charge in [-0.1, -0.05) is 13.0 Å². The summed E-state index contributed by atoms with van der Waals surface area (Å²) in [5.41, 5.74) is -0.299. The van der Waals surface area contributed by atoms with Crippen molar-refractivity contribution in [3.63, 3.8) is 0 Å². The van der Waals surface area contributed by atoms with Crippen molar-refractivity contribution in [2.24, 2.45) is 5.41 Å². The van der Waals surface area contributed by atoms with Gasteiger partial charge in [-0.15, -0.1) is 6.58 Å². The number of halogens is 2. The van der Waals surface area contributed by atoms with Gasteiger partial charge in [-0.3, -0.25) is 0 Å². The van der Waals surface area contributed by atoms with Gasteiger partial charge in [0.05, 0.1) is 0 Å². The van der Waals surface area contributed by atoms with E-state index in [0.29, 0.717) is 6.42 Å². The van der Waals surface area contributed by atoms with Crippen molar-refractivity contribution < 1.29 is 4.39 Å². The molecule has 2 unspecified atom stereocenters. The molecule has 2 atom stereocenters. The molecule has 0 aromatic carbocycles. The third kappa shape index (κ3) is 0.625. The lowest BCUT2D eigenvalue weighted by Gasteiger charge is -2.00. The third-order valence-corrected chi connectivity index (χ3v) is 2.94. The van der Waals surface area contributed by atoms with Gasteiger partial charge in [0.15, 0.2) is 4.58 Å². The van der Waals surface area contributed by atoms with Gasteiger partial charge >= 0.3 is 0 Å². The summed E-state index contributed by atoms with van der Waals surface area (Å²) in [4.78, 5) is 0. The molecule has 0 aromatic rings. The summed E-state index contributed by atoms with van der Waals surface area (Å²) >= 11 is 2.93. The minimum atomic E-state index is -1.15. The van der Waals surface area contributed by atoms with Gasteiger partial charge < -0.3 is 0 Å². The maximum absolute atomic E-state index is 12.7. The molecule has 46 valence electrons. The fourth-order valence-corrected chi connectivity index (χ4v) is 1.38. The van der Waals surface area contributed by atoms with Gasteiger partial charge in [-0.2, -0.15) is 0 Å². The first-order valence-corrected chi connectivity index (χ1v) is 3.32. The van der Waals surface area contributed by atoms with Crippen LogP contribution in [0.25, 0.3) is 0 Å². The molecule has 0 aliphatic heterocycles. The molecule has 1 fully saturated rings. The Kier molecular flexibility index (Phi) is 1.06. The second-order valence-corrected chi connectivity index (χ2v) is 3.76. The third-order valence-electron chi connectivity index (χ3n) is 1.75. The first-order chi connectivity index (χ1) is 3.52. The van der Waals surface area contributed by atoms with Crippen LogP contribution in [0.5, 0.6) is 0 Å². The second-order valence-electron chi connectivity index (χ2n) is 2.50. The van der Waals surface area contributed by atoms with Gasteiger partial charge in [-0.25, -0.2) is 4.39 Å². The van der Waals surface area contributed by atoms with Gasteiger partial charge in [0.2, 0.25) is 0 Å². The summed E-state index contributed by atoms with van der Waals surface area (Å²) in [6.07, 6.45) is 2.21. The molecule has 0 aromatic heterocycles. The van der Waals surface area contributed by atoms with Gasteiger partial charge in [0.1, 0.15) is 0 Å². The van der Waals surface area contributed by atoms with E-state index >= 15 is 0 Å². The Balaban J connectivity index is 2.68. The van der Waals surface area contributed by atoms with Gasteiger partial charge in [-0.05, 0) is 15.9 Å². The number of rotatable bonds is 1. The summed E-state index contributed by atoms with van der Waals surface area (Å²) < 4.78 is 11.5. The van der Waals surface area contributed by atoms with E-state index in [0.717, 1.165) is 0 Å². The van der Waals surface area contributed by atoms with Crippen molar-refractivity contribution >= 4 is 15.9 Å². The van der Waals surface area contributed by atoms with Crippen molar-refractivity contribution in [1.82, 2.24) is 0 Å². The molecule has 1 rings (SSSR count). The molecular formula is C6H8BrF. The van der Waals surface area contributed by atoms with E-state index in [4.69, 9.17) is 0 Å². The fourth-order valence-electron chi connectivity index (χ4n) is 0.639. The molecule has 0 bridgehead atoms. The number of hydrogen-bond acceptors (Lipinski definition) is 0. The Labute approximate surface area is 56.9 Å². The molecular weight excluding hydrogens is 171 g/mol. The summed E-state index contributed by atoms with van der Waals surface area (Å²) in [6, 6.07) is 0. The van der Waals surface area contributed by atoms with Crippen LogP contribution in [0.15, 0.2) is 12.7 Å². The maximum Gasteiger partial charge on any atom is 0.174 e. The normalized spacial score (nSPS) is 53.4. The summed E-state index contributed by atoms with van der Waals surface area (Å²) in [5, 5.41) is 0. The largest absolute Gasteiger partial charge is 0.230 e. The minimum Gasteiger partial charge on any atom is -0.230 e. The van der Waals surface area contributed by atoms with Crippen LogP contribution >= 0.6 is 15.9 Å². The van der Waals surface area contributed by atoms with Crippen LogP contribution in [0.4, 0.5) is 4.39 Å². The lowest BCUT2D eigenvalue weighted by atomic mass is 10.1. The van der Waals surface area contributed by atoms with Crippen molar-refractivity contribution in [3.8, 4) is 0 Å². The highest BCUT2D eigenvalue weighted by Crippen LogP contribution is 2.63. The van der Waals surface area contributed by atoms with Crippen molar-refractivity contribution in [1.29, 1.82) is 0 Å². The number of allylic oxidation sites excluding steroid dienone is 1. The number of alkyl halides is 2. The Bertz CT molecular complexity index is 130. The quantitative estimate of drug-likeness (QED) is 0.428. The van der Waals surface area contributed by atoms with Crippen LogP contribution in [0, 0.1) is 5.41 Å². The monoisotopic (exact) mass is 178 g/mol. The molecule has 8 heavy (non-hydrogen) atoms. The molecule has 2 heteroatoms. The van der Waals surface area contributed by atoms with Crippen LogP contribution < -0.4 is 0 Å². The van der Waals surface area contributed by atoms with E-state index < -0.39 is 4.58 Å². The average molecular weight is 179 g/mol. The molecule has 0 amide bonds. The summed E-state index contributed by atoms with van der Waals surface area (Å²) in [6.45, 7) is 5.36. The summed E-state index contributed by atoms with van der Waals surface area (Å²) in [7, 11) is 0. The molecule has 0 N–H and O–H groups in total. The first kappa shape index (κ1) is 6.27. The lowest BCUT2D eigenvalue weighted by Crippen LogP contribution is -1.98. The predicted molar refractivity (Wildman–Crippen MR) is 35.7 cm³/mol. The SMILES string of the molecule is C=CC1(C)CC1(F)Br. The van der Waals surface area contributed by atoms with Crippen LogP contribution in [-0.2, 0) is 0 Å². The van der Waals surface area contributed by atoms with Crippen molar-refractivity contribution in [2.75, 3.05) is 0 Å². The lowest BCUT2D eigenvalue weighted by molar-refractivity contribution is 0.389. The smallest absolute Gasteiger partial charge is 0.174 e. The minimum absolute atomic E-state index is 0.299. The topological polar surface area (TPSA) is 0 Å². The van der Waals surface area contributed by atoms with E-state index in [-0.39, 0.29) is 5.41 Å². The zero-order valence-corrected chi connectivity index (χ0v) is 6.33.